The summed E-state index contributed by atoms with van der Waals surface area (Å²) in [5.41, 5.74) is 2.42. The van der Waals surface area contributed by atoms with Crippen molar-refractivity contribution < 1.29 is 18.3 Å². The van der Waals surface area contributed by atoms with Gasteiger partial charge in [-0.25, -0.2) is 18.1 Å². The summed E-state index contributed by atoms with van der Waals surface area (Å²) in [7, 11) is -3.52. The first kappa shape index (κ1) is 26.7. The molecule has 1 aliphatic heterocycles. The fraction of sp³-hybridized carbons (Fsp3) is 0.714. The van der Waals surface area contributed by atoms with Gasteiger partial charge in [-0.3, -0.25) is 4.79 Å². The first-order chi connectivity index (χ1) is 13.9. The maximum absolute atomic E-state index is 11.9. The van der Waals surface area contributed by atoms with Crippen LogP contribution in [0.15, 0.2) is 12.1 Å². The summed E-state index contributed by atoms with van der Waals surface area (Å²) in [6, 6.07) is 3.27. The number of unbranched alkanes of at least 4 members (excludes halogenated alkanes) is 5. The summed E-state index contributed by atoms with van der Waals surface area (Å²) in [4.78, 5) is 16.0. The van der Waals surface area contributed by atoms with E-state index in [0.717, 1.165) is 69.4 Å². The lowest BCUT2D eigenvalue weighted by molar-refractivity contribution is -0.139. The summed E-state index contributed by atoms with van der Waals surface area (Å²) in [5, 5.41) is 12.6. The van der Waals surface area contributed by atoms with Gasteiger partial charge >= 0.3 is 5.97 Å². The highest BCUT2D eigenvalue weighted by Crippen LogP contribution is 2.20. The lowest BCUT2D eigenvalue weighted by atomic mass is 10.0. The summed E-state index contributed by atoms with van der Waals surface area (Å²) in [5.74, 6) is -0.0773. The van der Waals surface area contributed by atoms with E-state index in [1.54, 1.807) is 0 Å². The van der Waals surface area contributed by atoms with Crippen LogP contribution in [0.1, 0.15) is 76.0 Å². The van der Waals surface area contributed by atoms with Gasteiger partial charge in [-0.2, -0.15) is 0 Å². The highest BCUT2D eigenvalue weighted by atomic mass is 35.5. The molecule has 0 aliphatic carbocycles. The maximum atomic E-state index is 11.9. The standard InChI is InChI=1S/C21H35N3O4S.ClH/c1-2-3-16-29(27,28)24-19(21(25)26)12-8-6-4-5-7-11-18-14-13-17-10-9-15-22-20(17)23-18;/h13-14,19,24H,2-12,15-16H2,1H3,(H,22,23)(H,25,26);1H/t19-;/m0./s1. The number of pyridine rings is 1. The molecule has 0 amide bonds. The van der Waals surface area contributed by atoms with Gasteiger partial charge in [-0.05, 0) is 50.2 Å². The molecular weight excluding hydrogens is 426 g/mol. The molecule has 0 saturated heterocycles. The molecule has 1 aromatic rings. The first-order valence-corrected chi connectivity index (χ1v) is 12.5. The Bertz CT molecular complexity index is 759. The van der Waals surface area contributed by atoms with Crippen molar-refractivity contribution in [3.63, 3.8) is 0 Å². The van der Waals surface area contributed by atoms with Crippen LogP contribution in [-0.2, 0) is 27.7 Å². The van der Waals surface area contributed by atoms with Gasteiger partial charge in [0, 0.05) is 12.2 Å². The van der Waals surface area contributed by atoms with E-state index in [9.17, 15) is 18.3 Å². The van der Waals surface area contributed by atoms with E-state index in [1.807, 2.05) is 6.92 Å². The number of aromatic nitrogens is 1. The van der Waals surface area contributed by atoms with E-state index in [2.05, 4.69) is 22.2 Å². The Morgan fingerprint density at radius 2 is 1.93 bits per heavy atom. The molecule has 0 aromatic carbocycles. The average molecular weight is 462 g/mol. The van der Waals surface area contributed by atoms with Crippen LogP contribution in [0.3, 0.4) is 0 Å². The van der Waals surface area contributed by atoms with Crippen LogP contribution < -0.4 is 10.0 Å². The fourth-order valence-corrected chi connectivity index (χ4v) is 4.97. The van der Waals surface area contributed by atoms with Crippen molar-refractivity contribution in [2.24, 2.45) is 0 Å². The summed E-state index contributed by atoms with van der Waals surface area (Å²) in [6.45, 7) is 2.90. The molecule has 0 spiro atoms. The van der Waals surface area contributed by atoms with Gasteiger partial charge in [0.1, 0.15) is 11.9 Å². The molecule has 7 nitrogen and oxygen atoms in total. The molecule has 0 bridgehead atoms. The van der Waals surface area contributed by atoms with E-state index >= 15 is 0 Å². The zero-order valence-corrected chi connectivity index (χ0v) is 19.5. The van der Waals surface area contributed by atoms with Gasteiger partial charge in [-0.15, -0.1) is 12.4 Å². The van der Waals surface area contributed by atoms with Crippen LogP contribution in [0.4, 0.5) is 5.82 Å². The minimum absolute atomic E-state index is 0. The number of carboxylic acid groups (broad SMARTS) is 1. The van der Waals surface area contributed by atoms with Crippen molar-refractivity contribution in [1.82, 2.24) is 9.71 Å². The highest BCUT2D eigenvalue weighted by molar-refractivity contribution is 7.89. The second-order valence-corrected chi connectivity index (χ2v) is 9.70. The number of sulfonamides is 1. The summed E-state index contributed by atoms with van der Waals surface area (Å²) >= 11 is 0. The number of aliphatic carboxylic acids is 1. The van der Waals surface area contributed by atoms with Crippen molar-refractivity contribution in [3.8, 4) is 0 Å². The van der Waals surface area contributed by atoms with Gasteiger partial charge in [0.25, 0.3) is 0 Å². The molecule has 9 heteroatoms. The molecule has 0 saturated carbocycles. The van der Waals surface area contributed by atoms with E-state index in [-0.39, 0.29) is 18.2 Å². The third kappa shape index (κ3) is 9.62. The van der Waals surface area contributed by atoms with Crippen LogP contribution in [0.2, 0.25) is 0 Å². The molecule has 0 radical (unpaired) electrons. The van der Waals surface area contributed by atoms with Crippen molar-refractivity contribution >= 4 is 34.2 Å². The van der Waals surface area contributed by atoms with Gasteiger partial charge in [-0.1, -0.05) is 45.1 Å². The van der Waals surface area contributed by atoms with Crippen molar-refractivity contribution in [1.29, 1.82) is 0 Å². The number of aryl methyl sites for hydroxylation is 2. The summed E-state index contributed by atoms with van der Waals surface area (Å²) < 4.78 is 26.2. The number of carboxylic acids is 1. The average Bonchev–Trinajstić information content (AvgIpc) is 2.70. The Balaban J connectivity index is 0.00000450. The predicted molar refractivity (Wildman–Crippen MR) is 123 cm³/mol. The molecule has 172 valence electrons. The number of carbonyl (C=O) groups is 1. The quantitative estimate of drug-likeness (QED) is 0.362. The largest absolute Gasteiger partial charge is 0.480 e. The maximum Gasteiger partial charge on any atom is 0.321 e. The van der Waals surface area contributed by atoms with Crippen molar-refractivity contribution in [2.75, 3.05) is 17.6 Å². The lowest BCUT2D eigenvalue weighted by Crippen LogP contribution is -2.41. The normalized spacial score (nSPS) is 14.3. The topological polar surface area (TPSA) is 108 Å². The van der Waals surface area contributed by atoms with Crippen molar-refractivity contribution in [2.45, 2.75) is 83.6 Å². The van der Waals surface area contributed by atoms with Crippen LogP contribution in [0.5, 0.6) is 0 Å². The van der Waals surface area contributed by atoms with Crippen molar-refractivity contribution in [3.05, 3.63) is 23.4 Å². The van der Waals surface area contributed by atoms with Crippen LogP contribution in [0, 0.1) is 0 Å². The molecule has 2 rings (SSSR count). The molecule has 3 N–H and O–H groups in total. The molecule has 0 fully saturated rings. The third-order valence-corrected chi connectivity index (χ3v) is 6.73. The predicted octanol–water partition coefficient (Wildman–Crippen LogP) is 3.92. The molecule has 0 unspecified atom stereocenters. The molecule has 1 atom stereocenters. The number of hydrogen-bond acceptors (Lipinski definition) is 5. The Labute approximate surface area is 186 Å². The number of rotatable bonds is 14. The Morgan fingerprint density at radius 1 is 1.20 bits per heavy atom. The molecular formula is C21H36ClN3O4S. The minimum atomic E-state index is -3.52. The fourth-order valence-electron chi connectivity index (χ4n) is 3.54. The Morgan fingerprint density at radius 3 is 2.67 bits per heavy atom. The van der Waals surface area contributed by atoms with E-state index in [0.29, 0.717) is 19.3 Å². The van der Waals surface area contributed by atoms with Crippen LogP contribution in [0.25, 0.3) is 0 Å². The number of nitrogens with zero attached hydrogens (tertiary/aromatic N) is 1. The minimum Gasteiger partial charge on any atom is -0.480 e. The summed E-state index contributed by atoms with van der Waals surface area (Å²) in [6.07, 6.45) is 9.57. The van der Waals surface area contributed by atoms with E-state index < -0.39 is 22.0 Å². The van der Waals surface area contributed by atoms with Crippen LogP contribution in [-0.4, -0.2) is 42.8 Å². The second-order valence-electron chi connectivity index (χ2n) is 7.83. The highest BCUT2D eigenvalue weighted by Gasteiger charge is 2.23. The third-order valence-electron chi connectivity index (χ3n) is 5.26. The molecule has 1 aliphatic rings. The van der Waals surface area contributed by atoms with Gasteiger partial charge in [0.05, 0.1) is 5.75 Å². The van der Waals surface area contributed by atoms with Gasteiger partial charge < -0.3 is 10.4 Å². The number of anilines is 1. The first-order valence-electron chi connectivity index (χ1n) is 10.9. The SMILES string of the molecule is CCCCS(=O)(=O)N[C@@H](CCCCCCCc1ccc2c(n1)NCCC2)C(=O)O.Cl. The molecule has 1 aromatic heterocycles. The Hall–Kier alpha value is -1.38. The van der Waals surface area contributed by atoms with Crippen LogP contribution >= 0.6 is 12.4 Å². The zero-order valence-electron chi connectivity index (χ0n) is 17.9. The molecule has 30 heavy (non-hydrogen) atoms. The van der Waals surface area contributed by atoms with E-state index in [1.165, 1.54) is 5.56 Å². The number of fused-ring (bicyclic) bond motifs is 1. The second kappa shape index (κ2) is 13.8. The number of halogens is 1. The lowest BCUT2D eigenvalue weighted by Gasteiger charge is -2.17. The number of nitrogens with one attached hydrogen (secondary N) is 2. The monoisotopic (exact) mass is 461 g/mol. The molecule has 2 heterocycles. The van der Waals surface area contributed by atoms with Gasteiger partial charge in [0.15, 0.2) is 0 Å². The smallest absolute Gasteiger partial charge is 0.321 e. The van der Waals surface area contributed by atoms with Gasteiger partial charge in [0.2, 0.25) is 10.0 Å². The zero-order chi connectivity index (χ0) is 21.1. The van der Waals surface area contributed by atoms with E-state index in [4.69, 9.17) is 4.98 Å². The Kier molecular flexibility index (Phi) is 12.3. The number of hydrogen-bond donors (Lipinski definition) is 3.